The molecule has 0 amide bonds. The summed E-state index contributed by atoms with van der Waals surface area (Å²) in [6, 6.07) is 7.57. The predicted octanol–water partition coefficient (Wildman–Crippen LogP) is 2.14. The smallest absolute Gasteiger partial charge is 0.248 e. The number of nitrogen functional groups attached to an aromatic ring is 1. The Hall–Kier alpha value is -2.34. The van der Waals surface area contributed by atoms with Crippen molar-refractivity contribution in [2.45, 2.75) is 13.0 Å². The van der Waals surface area contributed by atoms with Crippen LogP contribution in [-0.2, 0) is 13.0 Å². The van der Waals surface area contributed by atoms with Gasteiger partial charge in [-0.05, 0) is 17.7 Å². The van der Waals surface area contributed by atoms with Crippen LogP contribution < -0.4 is 5.73 Å². The van der Waals surface area contributed by atoms with Crippen LogP contribution in [0.1, 0.15) is 17.3 Å². The third kappa shape index (κ3) is 2.97. The highest BCUT2D eigenvalue weighted by molar-refractivity contribution is 6.30. The van der Waals surface area contributed by atoms with Crippen LogP contribution in [0.25, 0.3) is 0 Å². The van der Waals surface area contributed by atoms with E-state index in [9.17, 15) is 0 Å². The maximum Gasteiger partial charge on any atom is 0.248 e. The van der Waals surface area contributed by atoms with Gasteiger partial charge in [0.05, 0.1) is 11.9 Å². The van der Waals surface area contributed by atoms with Crippen LogP contribution in [0.2, 0.25) is 5.02 Å². The normalized spacial score (nSPS) is 10.8. The highest BCUT2D eigenvalue weighted by Gasteiger charge is 2.08. The van der Waals surface area contributed by atoms with Gasteiger partial charge in [0.15, 0.2) is 5.82 Å². The first-order chi connectivity index (χ1) is 9.69. The minimum atomic E-state index is 0.403. The van der Waals surface area contributed by atoms with E-state index in [1.54, 1.807) is 17.1 Å². The molecule has 0 saturated heterocycles. The molecule has 3 aromatic rings. The number of aromatic nitrogens is 4. The fourth-order valence-electron chi connectivity index (χ4n) is 1.86. The summed E-state index contributed by atoms with van der Waals surface area (Å²) in [5.74, 6) is 1.10. The van der Waals surface area contributed by atoms with Crippen molar-refractivity contribution in [1.82, 2.24) is 19.9 Å². The monoisotopic (exact) mass is 289 g/mol. The molecule has 1 aromatic carbocycles. The number of halogens is 1. The first-order valence-electron chi connectivity index (χ1n) is 6.03. The zero-order valence-corrected chi connectivity index (χ0v) is 11.3. The van der Waals surface area contributed by atoms with Crippen molar-refractivity contribution in [2.75, 3.05) is 5.73 Å². The molecule has 0 radical (unpaired) electrons. The molecule has 102 valence electrons. The van der Waals surface area contributed by atoms with Crippen LogP contribution in [0.4, 0.5) is 5.69 Å². The van der Waals surface area contributed by atoms with E-state index in [2.05, 4.69) is 15.2 Å². The summed E-state index contributed by atoms with van der Waals surface area (Å²) in [5, 5.41) is 8.70. The van der Waals surface area contributed by atoms with E-state index in [-0.39, 0.29) is 0 Å². The van der Waals surface area contributed by atoms with Crippen LogP contribution in [0, 0.1) is 0 Å². The van der Waals surface area contributed by atoms with Crippen molar-refractivity contribution in [2.24, 2.45) is 0 Å². The number of nitrogens with two attached hydrogens (primary N) is 1. The molecule has 0 aliphatic heterocycles. The summed E-state index contributed by atoms with van der Waals surface area (Å²) in [4.78, 5) is 4.32. The molecule has 0 aliphatic rings. The summed E-state index contributed by atoms with van der Waals surface area (Å²) in [7, 11) is 0. The van der Waals surface area contributed by atoms with E-state index < -0.39 is 0 Å². The molecule has 2 N–H and O–H groups in total. The van der Waals surface area contributed by atoms with Crippen LogP contribution in [0.15, 0.2) is 41.2 Å². The number of hydrogen-bond acceptors (Lipinski definition) is 5. The molecule has 3 rings (SSSR count). The maximum absolute atomic E-state index is 5.94. The first kappa shape index (κ1) is 12.7. The highest BCUT2D eigenvalue weighted by atomic mass is 35.5. The van der Waals surface area contributed by atoms with Crippen molar-refractivity contribution < 1.29 is 4.52 Å². The second-order valence-electron chi connectivity index (χ2n) is 4.38. The van der Waals surface area contributed by atoms with E-state index in [0.717, 1.165) is 5.56 Å². The van der Waals surface area contributed by atoms with Gasteiger partial charge in [-0.25, -0.2) is 0 Å². The van der Waals surface area contributed by atoms with Gasteiger partial charge in [0, 0.05) is 17.6 Å². The maximum atomic E-state index is 5.94. The van der Waals surface area contributed by atoms with E-state index in [1.807, 2.05) is 24.3 Å². The molecule has 2 heterocycles. The van der Waals surface area contributed by atoms with Crippen LogP contribution in [0.3, 0.4) is 0 Å². The Bertz CT molecular complexity index is 721. The van der Waals surface area contributed by atoms with Gasteiger partial charge in [-0.3, -0.25) is 4.68 Å². The first-order valence-corrected chi connectivity index (χ1v) is 6.41. The summed E-state index contributed by atoms with van der Waals surface area (Å²) in [5.41, 5.74) is 7.23. The zero-order chi connectivity index (χ0) is 13.9. The number of benzene rings is 1. The van der Waals surface area contributed by atoms with Crippen LogP contribution in [-0.4, -0.2) is 19.9 Å². The number of nitrogens with zero attached hydrogens (tertiary/aromatic N) is 4. The lowest BCUT2D eigenvalue weighted by Crippen LogP contribution is -2.00. The largest absolute Gasteiger partial charge is 0.396 e. The minimum absolute atomic E-state index is 0.403. The van der Waals surface area contributed by atoms with Crippen molar-refractivity contribution in [3.63, 3.8) is 0 Å². The second kappa shape index (κ2) is 5.34. The van der Waals surface area contributed by atoms with Crippen molar-refractivity contribution >= 4 is 17.3 Å². The van der Waals surface area contributed by atoms with E-state index in [1.165, 1.54) is 0 Å². The molecule has 7 heteroatoms. The van der Waals surface area contributed by atoms with E-state index in [0.29, 0.717) is 35.4 Å². The van der Waals surface area contributed by atoms with E-state index in [4.69, 9.17) is 21.9 Å². The Kier molecular flexibility index (Phi) is 3.39. The van der Waals surface area contributed by atoms with Crippen LogP contribution >= 0.6 is 11.6 Å². The Labute approximate surface area is 120 Å². The Morgan fingerprint density at radius 3 is 3.00 bits per heavy atom. The standard InChI is InChI=1S/C13H12ClN5O/c14-10-3-1-2-9(4-10)5-12-17-13(20-18-12)8-19-7-11(15)6-16-19/h1-4,6-7H,5,8,15H2. The molecule has 20 heavy (non-hydrogen) atoms. The molecular weight excluding hydrogens is 278 g/mol. The van der Waals surface area contributed by atoms with Crippen molar-refractivity contribution in [1.29, 1.82) is 0 Å². The van der Waals surface area contributed by atoms with Gasteiger partial charge in [0.1, 0.15) is 6.54 Å². The number of anilines is 1. The molecular formula is C13H12ClN5O. The molecule has 0 saturated carbocycles. The Morgan fingerprint density at radius 2 is 2.25 bits per heavy atom. The molecule has 0 atom stereocenters. The topological polar surface area (TPSA) is 82.8 Å². The fraction of sp³-hybridized carbons (Fsp3) is 0.154. The SMILES string of the molecule is Nc1cnn(Cc2nc(Cc3cccc(Cl)c3)no2)c1. The lowest BCUT2D eigenvalue weighted by atomic mass is 10.1. The molecule has 0 aliphatic carbocycles. The third-order valence-electron chi connectivity index (χ3n) is 2.71. The molecule has 2 aromatic heterocycles. The van der Waals surface area contributed by atoms with Gasteiger partial charge >= 0.3 is 0 Å². The molecule has 0 bridgehead atoms. The van der Waals surface area contributed by atoms with Crippen LogP contribution in [0.5, 0.6) is 0 Å². The Morgan fingerprint density at radius 1 is 1.35 bits per heavy atom. The van der Waals surface area contributed by atoms with Crippen molar-refractivity contribution in [3.05, 3.63) is 59.0 Å². The van der Waals surface area contributed by atoms with Crippen molar-refractivity contribution in [3.8, 4) is 0 Å². The quantitative estimate of drug-likeness (QED) is 0.795. The fourth-order valence-corrected chi connectivity index (χ4v) is 2.07. The number of hydrogen-bond donors (Lipinski definition) is 1. The van der Waals surface area contributed by atoms with E-state index >= 15 is 0 Å². The summed E-state index contributed by atoms with van der Waals surface area (Å²) < 4.78 is 6.83. The lowest BCUT2D eigenvalue weighted by molar-refractivity contribution is 0.362. The molecule has 0 spiro atoms. The van der Waals surface area contributed by atoms with Gasteiger partial charge in [-0.2, -0.15) is 10.1 Å². The average molecular weight is 290 g/mol. The van der Waals surface area contributed by atoms with Gasteiger partial charge < -0.3 is 10.3 Å². The zero-order valence-electron chi connectivity index (χ0n) is 10.5. The van der Waals surface area contributed by atoms with Gasteiger partial charge in [-0.15, -0.1) is 0 Å². The van der Waals surface area contributed by atoms with Gasteiger partial charge in [-0.1, -0.05) is 28.9 Å². The summed E-state index contributed by atoms with van der Waals surface area (Å²) in [6.07, 6.45) is 3.86. The molecule has 6 nitrogen and oxygen atoms in total. The second-order valence-corrected chi connectivity index (χ2v) is 4.82. The van der Waals surface area contributed by atoms with Gasteiger partial charge in [0.25, 0.3) is 0 Å². The number of rotatable bonds is 4. The minimum Gasteiger partial charge on any atom is -0.396 e. The van der Waals surface area contributed by atoms with Gasteiger partial charge in [0.2, 0.25) is 5.89 Å². The molecule has 0 unspecified atom stereocenters. The Balaban J connectivity index is 1.70. The highest BCUT2D eigenvalue weighted by Crippen LogP contribution is 2.13. The third-order valence-corrected chi connectivity index (χ3v) is 2.95. The lowest BCUT2D eigenvalue weighted by Gasteiger charge is -1.96. The molecule has 0 fully saturated rings. The predicted molar refractivity (Wildman–Crippen MR) is 74.3 cm³/mol. The summed E-state index contributed by atoms with van der Waals surface area (Å²) >= 11 is 5.94. The summed E-state index contributed by atoms with van der Waals surface area (Å²) in [6.45, 7) is 0.403. The average Bonchev–Trinajstić information content (AvgIpc) is 3.00.